The van der Waals surface area contributed by atoms with Gasteiger partial charge in [-0.3, -0.25) is 9.59 Å². The number of nitrogens with zero attached hydrogens (tertiary/aromatic N) is 4. The van der Waals surface area contributed by atoms with Gasteiger partial charge in [-0.2, -0.15) is 0 Å². The second kappa shape index (κ2) is 11.1. The van der Waals surface area contributed by atoms with Crippen molar-refractivity contribution in [3.8, 4) is 11.3 Å². The molecule has 0 spiro atoms. The molecule has 1 fully saturated rings. The van der Waals surface area contributed by atoms with Gasteiger partial charge in [-0.05, 0) is 37.1 Å². The first-order chi connectivity index (χ1) is 18.6. The molecule has 2 N–H and O–H groups in total. The summed E-state index contributed by atoms with van der Waals surface area (Å²) in [5.41, 5.74) is 2.80. The average Bonchev–Trinajstić information content (AvgIpc) is 3.38. The van der Waals surface area contributed by atoms with Gasteiger partial charge in [-0.15, -0.1) is 11.3 Å². The zero-order valence-electron chi connectivity index (χ0n) is 21.6. The van der Waals surface area contributed by atoms with Gasteiger partial charge in [0.1, 0.15) is 5.82 Å². The highest BCUT2D eigenvalue weighted by Crippen LogP contribution is 2.38. The second-order valence-electron chi connectivity index (χ2n) is 9.81. The first-order valence-corrected chi connectivity index (χ1v) is 14.2. The number of carbonyl (C=O) groups is 1. The lowest BCUT2D eigenvalue weighted by Crippen LogP contribution is -2.34. The van der Waals surface area contributed by atoms with Crippen molar-refractivity contribution in [2.75, 3.05) is 31.4 Å². The number of amides is 1. The summed E-state index contributed by atoms with van der Waals surface area (Å²) >= 11 is 13.5. The highest BCUT2D eigenvalue weighted by molar-refractivity contribution is 7.14. The van der Waals surface area contributed by atoms with Gasteiger partial charge in [0.05, 0.1) is 38.1 Å². The maximum Gasteiger partial charge on any atom is 0.280 e. The van der Waals surface area contributed by atoms with E-state index in [1.54, 1.807) is 25.5 Å². The molecule has 1 aliphatic rings. The standard InChI is InChI=1S/C27H27Cl2FN6O2S/c1-35(2)26(38)24-25(37)32-19-11-21(23(12-20(19)31-24)36(3)14-7-5-4-6-8-14)33-27-34-22(13-39-27)15-9-18(30)17(29)10-16(15)28/h9-14H,4-8H2,1-3H3,(H,32,37)(H,33,34). The molecule has 0 radical (unpaired) electrons. The van der Waals surface area contributed by atoms with Crippen molar-refractivity contribution < 1.29 is 9.18 Å². The van der Waals surface area contributed by atoms with Crippen LogP contribution in [0.1, 0.15) is 42.6 Å². The molecular weight excluding hydrogens is 562 g/mol. The van der Waals surface area contributed by atoms with E-state index in [4.69, 9.17) is 23.2 Å². The Morgan fingerprint density at radius 2 is 1.82 bits per heavy atom. The fourth-order valence-electron chi connectivity index (χ4n) is 4.83. The van der Waals surface area contributed by atoms with Crippen molar-refractivity contribution in [3.63, 3.8) is 0 Å². The van der Waals surface area contributed by atoms with Gasteiger partial charge >= 0.3 is 0 Å². The normalized spacial score (nSPS) is 14.0. The zero-order chi connectivity index (χ0) is 27.8. The summed E-state index contributed by atoms with van der Waals surface area (Å²) in [4.78, 5) is 40.7. The van der Waals surface area contributed by atoms with Crippen LogP contribution in [0.3, 0.4) is 0 Å². The van der Waals surface area contributed by atoms with Crippen molar-refractivity contribution in [1.82, 2.24) is 19.9 Å². The number of anilines is 3. The molecule has 1 amide bonds. The van der Waals surface area contributed by atoms with E-state index in [2.05, 4.69) is 25.2 Å². The Hall–Kier alpha value is -3.21. The van der Waals surface area contributed by atoms with E-state index in [0.717, 1.165) is 31.4 Å². The number of aromatic amines is 1. The Bertz CT molecular complexity index is 1620. The fourth-order valence-corrected chi connectivity index (χ4v) is 6.03. The molecule has 0 saturated heterocycles. The van der Waals surface area contributed by atoms with Gasteiger partial charge in [0.25, 0.3) is 11.5 Å². The quantitative estimate of drug-likeness (QED) is 0.243. The molecular formula is C27H27Cl2FN6O2S. The van der Waals surface area contributed by atoms with Gasteiger partial charge in [0, 0.05) is 38.1 Å². The minimum Gasteiger partial charge on any atom is -0.370 e. The lowest BCUT2D eigenvalue weighted by Gasteiger charge is -2.34. The molecule has 2 heterocycles. The van der Waals surface area contributed by atoms with E-state index in [1.165, 1.54) is 34.8 Å². The third kappa shape index (κ3) is 5.59. The monoisotopic (exact) mass is 588 g/mol. The lowest BCUT2D eigenvalue weighted by molar-refractivity contribution is 0.0820. The molecule has 8 nitrogen and oxygen atoms in total. The van der Waals surface area contributed by atoms with Gasteiger partial charge in [-0.25, -0.2) is 14.4 Å². The molecule has 1 aliphatic carbocycles. The largest absolute Gasteiger partial charge is 0.370 e. The first-order valence-electron chi connectivity index (χ1n) is 12.5. The molecule has 2 aromatic heterocycles. The molecule has 204 valence electrons. The average molecular weight is 590 g/mol. The van der Waals surface area contributed by atoms with Gasteiger partial charge in [0.2, 0.25) is 0 Å². The SMILES string of the molecule is CN(C)C(=O)c1nc2cc(N(C)C3CCCCC3)c(Nc3nc(-c4cc(F)c(Cl)cc4Cl)cs3)cc2[nH]c1=O. The van der Waals surface area contributed by atoms with E-state index in [9.17, 15) is 14.0 Å². The van der Waals surface area contributed by atoms with Crippen LogP contribution in [-0.4, -0.2) is 52.9 Å². The number of thiazole rings is 1. The third-order valence-electron chi connectivity index (χ3n) is 6.95. The molecule has 0 bridgehead atoms. The molecule has 12 heteroatoms. The topological polar surface area (TPSA) is 94.2 Å². The van der Waals surface area contributed by atoms with Crippen LogP contribution in [0, 0.1) is 5.82 Å². The molecule has 39 heavy (non-hydrogen) atoms. The number of hydrogen-bond donors (Lipinski definition) is 2. The van der Waals surface area contributed by atoms with Gasteiger partial charge < -0.3 is 20.1 Å². The number of aromatic nitrogens is 3. The summed E-state index contributed by atoms with van der Waals surface area (Å²) in [6.45, 7) is 0. The molecule has 5 rings (SSSR count). The van der Waals surface area contributed by atoms with Crippen molar-refractivity contribution >= 4 is 68.0 Å². The highest BCUT2D eigenvalue weighted by Gasteiger charge is 2.23. The van der Waals surface area contributed by atoms with Gasteiger partial charge in [-0.1, -0.05) is 42.5 Å². The number of carbonyl (C=O) groups excluding carboxylic acids is 1. The van der Waals surface area contributed by atoms with E-state index in [1.807, 2.05) is 13.1 Å². The van der Waals surface area contributed by atoms with E-state index in [0.29, 0.717) is 44.2 Å². The van der Waals surface area contributed by atoms with Crippen molar-refractivity contribution in [1.29, 1.82) is 0 Å². The van der Waals surface area contributed by atoms with Crippen LogP contribution < -0.4 is 15.8 Å². The molecule has 1 saturated carbocycles. The number of benzene rings is 2. The Morgan fingerprint density at radius 1 is 1.08 bits per heavy atom. The van der Waals surface area contributed by atoms with Crippen LogP contribution in [-0.2, 0) is 0 Å². The summed E-state index contributed by atoms with van der Waals surface area (Å²) < 4.78 is 14.1. The highest BCUT2D eigenvalue weighted by atomic mass is 35.5. The van der Waals surface area contributed by atoms with Crippen molar-refractivity contribution in [3.05, 3.63) is 61.6 Å². The summed E-state index contributed by atoms with van der Waals surface area (Å²) in [5.74, 6) is -1.04. The number of H-pyrrole nitrogens is 1. The van der Waals surface area contributed by atoms with Crippen LogP contribution in [0.4, 0.5) is 20.9 Å². The first kappa shape index (κ1) is 27.4. The predicted molar refractivity (Wildman–Crippen MR) is 156 cm³/mol. The number of halogens is 3. The Balaban J connectivity index is 1.57. The zero-order valence-corrected chi connectivity index (χ0v) is 24.0. The maximum absolute atomic E-state index is 14.1. The smallest absolute Gasteiger partial charge is 0.280 e. The minimum atomic E-state index is -0.576. The summed E-state index contributed by atoms with van der Waals surface area (Å²) in [5, 5.41) is 5.96. The fraction of sp³-hybridized carbons (Fsp3) is 0.333. The molecule has 0 atom stereocenters. The maximum atomic E-state index is 14.1. The molecule has 2 aromatic carbocycles. The van der Waals surface area contributed by atoms with Crippen LogP contribution >= 0.6 is 34.5 Å². The lowest BCUT2D eigenvalue weighted by atomic mass is 9.94. The number of hydrogen-bond acceptors (Lipinski definition) is 7. The van der Waals surface area contributed by atoms with Crippen LogP contribution in [0.5, 0.6) is 0 Å². The van der Waals surface area contributed by atoms with Crippen LogP contribution in [0.25, 0.3) is 22.3 Å². The van der Waals surface area contributed by atoms with E-state index in [-0.39, 0.29) is 10.7 Å². The third-order valence-corrected chi connectivity index (χ3v) is 8.31. The predicted octanol–water partition coefficient (Wildman–Crippen LogP) is 6.71. The minimum absolute atomic E-state index is 0.0538. The Morgan fingerprint density at radius 3 is 2.54 bits per heavy atom. The molecule has 0 aliphatic heterocycles. The number of rotatable bonds is 6. The number of fused-ring (bicyclic) bond motifs is 1. The van der Waals surface area contributed by atoms with E-state index < -0.39 is 17.3 Å². The molecule has 0 unspecified atom stereocenters. The van der Waals surface area contributed by atoms with Crippen molar-refractivity contribution in [2.24, 2.45) is 0 Å². The Labute approximate surface area is 238 Å². The van der Waals surface area contributed by atoms with Gasteiger partial charge in [0.15, 0.2) is 10.8 Å². The Kier molecular flexibility index (Phi) is 7.80. The summed E-state index contributed by atoms with van der Waals surface area (Å²) in [7, 11) is 5.21. The molecule has 4 aromatic rings. The summed E-state index contributed by atoms with van der Waals surface area (Å²) in [6.07, 6.45) is 5.68. The van der Waals surface area contributed by atoms with Crippen LogP contribution in [0.15, 0.2) is 34.4 Å². The van der Waals surface area contributed by atoms with Crippen LogP contribution in [0.2, 0.25) is 10.0 Å². The van der Waals surface area contributed by atoms with Crippen molar-refractivity contribution in [2.45, 2.75) is 38.1 Å². The summed E-state index contributed by atoms with van der Waals surface area (Å²) in [6, 6.07) is 6.65. The second-order valence-corrected chi connectivity index (χ2v) is 11.5. The van der Waals surface area contributed by atoms with E-state index >= 15 is 0 Å². The number of nitrogens with one attached hydrogen (secondary N) is 2.